The molecule has 1 aliphatic heterocycles. The van der Waals surface area contributed by atoms with Gasteiger partial charge in [-0.05, 0) is 25.1 Å². The summed E-state index contributed by atoms with van der Waals surface area (Å²) < 4.78 is 50.8. The van der Waals surface area contributed by atoms with Crippen molar-refractivity contribution in [2.24, 2.45) is 0 Å². The number of ether oxygens (including phenoxy) is 2. The Balaban J connectivity index is 2.20. The monoisotopic (exact) mass is 416 g/mol. The first-order chi connectivity index (χ1) is 13.2. The van der Waals surface area contributed by atoms with Crippen LogP contribution in [-0.4, -0.2) is 75.0 Å². The third kappa shape index (κ3) is 4.86. The van der Waals surface area contributed by atoms with Crippen molar-refractivity contribution in [3.05, 3.63) is 29.6 Å². The SMILES string of the molecule is CCN(CC)S(=O)(=O)c1ccc(F)c(C(=O)OC(C)C(=O)N2CCOCC2)c1. The topological polar surface area (TPSA) is 93.2 Å². The first kappa shape index (κ1) is 22.3. The molecule has 0 bridgehead atoms. The molecule has 156 valence electrons. The molecular formula is C18H25FN2O6S. The number of esters is 1. The molecule has 8 nitrogen and oxygen atoms in total. The zero-order valence-corrected chi connectivity index (χ0v) is 17.0. The lowest BCUT2D eigenvalue weighted by Crippen LogP contribution is -2.46. The molecule has 2 rings (SSSR count). The molecule has 0 radical (unpaired) electrons. The van der Waals surface area contributed by atoms with E-state index in [1.54, 1.807) is 13.8 Å². The third-order valence-electron chi connectivity index (χ3n) is 4.46. The van der Waals surface area contributed by atoms with E-state index in [-0.39, 0.29) is 18.0 Å². The standard InChI is InChI=1S/C18H25FN2O6S/c1-4-21(5-2)28(24,25)14-6-7-16(19)15(12-14)18(23)27-13(3)17(22)20-8-10-26-11-9-20/h6-7,12-13H,4-5,8-11H2,1-3H3. The first-order valence-corrected chi connectivity index (χ1v) is 10.5. The van der Waals surface area contributed by atoms with Gasteiger partial charge in [0.1, 0.15) is 5.82 Å². The van der Waals surface area contributed by atoms with Crippen LogP contribution in [0.25, 0.3) is 0 Å². The van der Waals surface area contributed by atoms with Gasteiger partial charge >= 0.3 is 5.97 Å². The molecule has 1 saturated heterocycles. The molecule has 1 atom stereocenters. The van der Waals surface area contributed by atoms with Gasteiger partial charge in [0.15, 0.2) is 6.10 Å². The molecule has 1 unspecified atom stereocenters. The second kappa shape index (κ2) is 9.44. The summed E-state index contributed by atoms with van der Waals surface area (Å²) in [6.45, 7) is 6.78. The van der Waals surface area contributed by atoms with E-state index in [1.807, 2.05) is 0 Å². The van der Waals surface area contributed by atoms with E-state index >= 15 is 0 Å². The van der Waals surface area contributed by atoms with Gasteiger partial charge in [-0.1, -0.05) is 13.8 Å². The van der Waals surface area contributed by atoms with E-state index in [9.17, 15) is 22.4 Å². The van der Waals surface area contributed by atoms with Gasteiger partial charge in [0.25, 0.3) is 5.91 Å². The van der Waals surface area contributed by atoms with Crippen molar-refractivity contribution >= 4 is 21.9 Å². The molecule has 10 heteroatoms. The maximum atomic E-state index is 14.2. The molecule has 1 fully saturated rings. The molecule has 0 aromatic heterocycles. The molecule has 1 aliphatic rings. The minimum absolute atomic E-state index is 0.211. The van der Waals surface area contributed by atoms with Gasteiger partial charge in [-0.15, -0.1) is 0 Å². The number of sulfonamides is 1. The van der Waals surface area contributed by atoms with Crippen molar-refractivity contribution in [3.8, 4) is 0 Å². The number of morpholine rings is 1. The smallest absolute Gasteiger partial charge is 0.341 e. The van der Waals surface area contributed by atoms with Crippen molar-refractivity contribution in [3.63, 3.8) is 0 Å². The Morgan fingerprint density at radius 3 is 2.43 bits per heavy atom. The molecule has 1 heterocycles. The summed E-state index contributed by atoms with van der Waals surface area (Å²) in [5.74, 6) is -2.43. The number of halogens is 1. The lowest BCUT2D eigenvalue weighted by Gasteiger charge is -2.29. The summed E-state index contributed by atoms with van der Waals surface area (Å²) in [5, 5.41) is 0. The molecule has 1 aromatic carbocycles. The van der Waals surface area contributed by atoms with Crippen LogP contribution < -0.4 is 0 Å². The number of amides is 1. The number of carbonyl (C=O) groups excluding carboxylic acids is 2. The number of nitrogens with zero attached hydrogens (tertiary/aromatic N) is 2. The van der Waals surface area contributed by atoms with Crippen LogP contribution in [0, 0.1) is 5.82 Å². The van der Waals surface area contributed by atoms with Crippen LogP contribution in [-0.2, 0) is 24.3 Å². The van der Waals surface area contributed by atoms with Gasteiger partial charge < -0.3 is 14.4 Å². The molecule has 28 heavy (non-hydrogen) atoms. The Labute approximate surface area is 164 Å². The maximum Gasteiger partial charge on any atom is 0.341 e. The average molecular weight is 416 g/mol. The number of rotatable bonds is 7. The van der Waals surface area contributed by atoms with E-state index in [4.69, 9.17) is 9.47 Å². The van der Waals surface area contributed by atoms with E-state index in [0.29, 0.717) is 26.3 Å². The highest BCUT2D eigenvalue weighted by Crippen LogP contribution is 2.20. The predicted octanol–water partition coefficient (Wildman–Crippen LogP) is 1.26. The minimum Gasteiger partial charge on any atom is -0.449 e. The molecule has 1 amide bonds. The molecule has 0 saturated carbocycles. The lowest BCUT2D eigenvalue weighted by molar-refractivity contribution is -0.143. The van der Waals surface area contributed by atoms with Crippen LogP contribution >= 0.6 is 0 Å². The van der Waals surface area contributed by atoms with Crippen molar-refractivity contribution < 1.29 is 31.9 Å². The van der Waals surface area contributed by atoms with Crippen molar-refractivity contribution in [2.45, 2.75) is 31.8 Å². The summed E-state index contributed by atoms with van der Waals surface area (Å²) in [5.41, 5.74) is -0.533. The first-order valence-electron chi connectivity index (χ1n) is 9.09. The third-order valence-corrected chi connectivity index (χ3v) is 6.50. The van der Waals surface area contributed by atoms with Crippen molar-refractivity contribution in [2.75, 3.05) is 39.4 Å². The Morgan fingerprint density at radius 2 is 1.86 bits per heavy atom. The fraction of sp³-hybridized carbons (Fsp3) is 0.556. The highest BCUT2D eigenvalue weighted by atomic mass is 32.2. The summed E-state index contributed by atoms with van der Waals surface area (Å²) >= 11 is 0. The van der Waals surface area contributed by atoms with Gasteiger partial charge in [0, 0.05) is 26.2 Å². The number of hydrogen-bond acceptors (Lipinski definition) is 6. The predicted molar refractivity (Wildman–Crippen MR) is 98.8 cm³/mol. The molecule has 0 spiro atoms. The van der Waals surface area contributed by atoms with Crippen molar-refractivity contribution in [1.82, 2.24) is 9.21 Å². The number of benzene rings is 1. The van der Waals surface area contributed by atoms with E-state index in [0.717, 1.165) is 18.2 Å². The van der Waals surface area contributed by atoms with Gasteiger partial charge in [-0.25, -0.2) is 17.6 Å². The second-order valence-electron chi connectivity index (χ2n) is 6.22. The van der Waals surface area contributed by atoms with Crippen LogP contribution in [0.5, 0.6) is 0 Å². The van der Waals surface area contributed by atoms with Gasteiger partial charge in [0.2, 0.25) is 10.0 Å². The molecule has 0 N–H and O–H groups in total. The van der Waals surface area contributed by atoms with E-state index < -0.39 is 39.4 Å². The maximum absolute atomic E-state index is 14.2. The number of carbonyl (C=O) groups is 2. The molecule has 0 aliphatic carbocycles. The fourth-order valence-corrected chi connectivity index (χ4v) is 4.33. The van der Waals surface area contributed by atoms with Gasteiger partial charge in [0.05, 0.1) is 23.7 Å². The van der Waals surface area contributed by atoms with E-state index in [2.05, 4.69) is 0 Å². The van der Waals surface area contributed by atoms with Crippen LogP contribution in [0.2, 0.25) is 0 Å². The van der Waals surface area contributed by atoms with Crippen LogP contribution in [0.3, 0.4) is 0 Å². The molecular weight excluding hydrogens is 391 g/mol. The van der Waals surface area contributed by atoms with Crippen LogP contribution in [0.4, 0.5) is 4.39 Å². The van der Waals surface area contributed by atoms with Crippen molar-refractivity contribution in [1.29, 1.82) is 0 Å². The quantitative estimate of drug-likeness (QED) is 0.622. The Hall–Kier alpha value is -2.04. The summed E-state index contributed by atoms with van der Waals surface area (Å²) in [6.07, 6.45) is -1.13. The van der Waals surface area contributed by atoms with Gasteiger partial charge in [-0.3, -0.25) is 4.79 Å². The highest BCUT2D eigenvalue weighted by Gasteiger charge is 2.28. The minimum atomic E-state index is -3.87. The Bertz CT molecular complexity index is 819. The second-order valence-corrected chi connectivity index (χ2v) is 8.15. The zero-order chi connectivity index (χ0) is 20.9. The highest BCUT2D eigenvalue weighted by molar-refractivity contribution is 7.89. The summed E-state index contributed by atoms with van der Waals surface area (Å²) in [6, 6.07) is 2.95. The Morgan fingerprint density at radius 1 is 1.25 bits per heavy atom. The zero-order valence-electron chi connectivity index (χ0n) is 16.2. The molecule has 1 aromatic rings. The number of hydrogen-bond donors (Lipinski definition) is 0. The Kier molecular flexibility index (Phi) is 7.50. The summed E-state index contributed by atoms with van der Waals surface area (Å²) in [4.78, 5) is 26.0. The fourth-order valence-electron chi connectivity index (χ4n) is 2.85. The van der Waals surface area contributed by atoms with Crippen LogP contribution in [0.15, 0.2) is 23.1 Å². The summed E-state index contributed by atoms with van der Waals surface area (Å²) in [7, 11) is -3.87. The normalized spacial score (nSPS) is 16.1. The van der Waals surface area contributed by atoms with Gasteiger partial charge in [-0.2, -0.15) is 4.31 Å². The average Bonchev–Trinajstić information content (AvgIpc) is 2.68. The van der Waals surface area contributed by atoms with Crippen LogP contribution in [0.1, 0.15) is 31.1 Å². The van der Waals surface area contributed by atoms with E-state index in [1.165, 1.54) is 16.1 Å². The lowest BCUT2D eigenvalue weighted by atomic mass is 10.2. The largest absolute Gasteiger partial charge is 0.449 e.